The Kier molecular flexibility index (Phi) is 4.42. The summed E-state index contributed by atoms with van der Waals surface area (Å²) in [4.78, 5) is 10.8. The number of halogens is 3. The molecule has 0 bridgehead atoms. The summed E-state index contributed by atoms with van der Waals surface area (Å²) in [6.07, 6.45) is -9.71. The van der Waals surface area contributed by atoms with Crippen LogP contribution in [0.4, 0.5) is 0 Å². The highest BCUT2D eigenvalue weighted by Gasteiger charge is 2.47. The van der Waals surface area contributed by atoms with Crippen molar-refractivity contribution >= 4 is 40.8 Å². The lowest BCUT2D eigenvalue weighted by molar-refractivity contribution is -0.293. The predicted octanol–water partition coefficient (Wildman–Crippen LogP) is -0.735. The summed E-state index contributed by atoms with van der Waals surface area (Å²) in [5, 5.41) is 37.3. The summed E-state index contributed by atoms with van der Waals surface area (Å²) < 4.78 is 21.4. The molecule has 1 aliphatic rings. The monoisotopic (exact) mass is 328 g/mol. The van der Waals surface area contributed by atoms with Gasteiger partial charge in [0.05, 0.1) is 9.30 Å². The van der Waals surface area contributed by atoms with Crippen LogP contribution in [0, 0.1) is 0 Å². The fraction of sp³-hybridized carbons (Fsp3) is 0.875. The lowest BCUT2D eigenvalue weighted by Gasteiger charge is -2.38. The van der Waals surface area contributed by atoms with Gasteiger partial charge < -0.3 is 29.9 Å². The molecule has 4 N–H and O–H groups in total. The van der Waals surface area contributed by atoms with E-state index in [1.54, 1.807) is 0 Å². The Morgan fingerprint density at radius 2 is 1.83 bits per heavy atom. The number of alkyl halides is 3. The molecule has 0 aromatic heterocycles. The van der Waals surface area contributed by atoms with Gasteiger partial charge in [0.15, 0.2) is 12.4 Å². The number of aliphatic hydroxyl groups excluding tert-OH is 3. The molecule has 0 saturated carbocycles. The Morgan fingerprint density at radius 3 is 2.28 bits per heavy atom. The Morgan fingerprint density at radius 1 is 1.28 bits per heavy atom. The van der Waals surface area contributed by atoms with Gasteiger partial charge in [-0.2, -0.15) is 0 Å². The van der Waals surface area contributed by atoms with Crippen molar-refractivity contribution in [2.75, 3.05) is 6.56 Å². The van der Waals surface area contributed by atoms with E-state index in [-0.39, 0.29) is 0 Å². The lowest BCUT2D eigenvalue weighted by Crippen LogP contribution is -2.60. The molecule has 1 aliphatic heterocycles. The second-order valence-corrected chi connectivity index (χ2v) is 5.73. The number of aliphatic hydroxyl groups is 3. The van der Waals surface area contributed by atoms with E-state index in [0.29, 0.717) is 0 Å². The van der Waals surface area contributed by atoms with Gasteiger partial charge in [-0.1, -0.05) is 34.8 Å². The van der Waals surface area contributed by atoms with Crippen molar-refractivity contribution in [2.45, 2.75) is 34.5 Å². The van der Waals surface area contributed by atoms with Crippen LogP contribution in [0.5, 0.6) is 0 Å². The van der Waals surface area contributed by atoms with Crippen LogP contribution >= 0.6 is 34.8 Å². The van der Waals surface area contributed by atoms with Crippen LogP contribution in [0.1, 0.15) is 2.74 Å². The average Bonchev–Trinajstić information content (AvgIpc) is 2.27. The zero-order chi connectivity index (χ0) is 15.9. The third-order valence-electron chi connectivity index (χ3n) is 2.10. The van der Waals surface area contributed by atoms with E-state index in [1.807, 2.05) is 0 Å². The molecule has 1 fully saturated rings. The van der Waals surface area contributed by atoms with Gasteiger partial charge in [-0.3, -0.25) is 0 Å². The molecular weight excluding hydrogens is 316 g/mol. The van der Waals surface area contributed by atoms with Crippen LogP contribution in [0.3, 0.4) is 0 Å². The quantitative estimate of drug-likeness (QED) is 0.398. The molecule has 18 heavy (non-hydrogen) atoms. The summed E-state index contributed by atoms with van der Waals surface area (Å²) in [7, 11) is 0. The van der Waals surface area contributed by atoms with Gasteiger partial charge in [0.2, 0.25) is 3.79 Å². The number of hydrogen-bond acceptors (Lipinski definition) is 6. The van der Waals surface area contributed by atoms with Crippen molar-refractivity contribution in [1.29, 1.82) is 0 Å². The third-order valence-corrected chi connectivity index (χ3v) is 2.34. The van der Waals surface area contributed by atoms with Gasteiger partial charge in [-0.25, -0.2) is 4.79 Å². The molecule has 7 nitrogen and oxygen atoms in total. The minimum atomic E-state index is -2.95. The first-order valence-electron chi connectivity index (χ1n) is 5.55. The van der Waals surface area contributed by atoms with Crippen molar-refractivity contribution in [3.63, 3.8) is 0 Å². The minimum absolute atomic E-state index is 1.65. The Hall–Kier alpha value is 0.140. The highest BCUT2D eigenvalue weighted by Crippen LogP contribution is 2.29. The molecule has 0 aromatic rings. The van der Waals surface area contributed by atoms with Crippen molar-refractivity contribution in [2.24, 2.45) is 0 Å². The fourth-order valence-electron chi connectivity index (χ4n) is 1.27. The molecule has 5 atom stereocenters. The maximum atomic E-state index is 10.8. The predicted molar refractivity (Wildman–Crippen MR) is 60.6 cm³/mol. The maximum Gasteiger partial charge on any atom is 0.335 e. The molecular formula is C8H11Cl3O7. The zero-order valence-electron chi connectivity index (χ0n) is 10.5. The van der Waals surface area contributed by atoms with Crippen LogP contribution in [-0.4, -0.2) is 67.5 Å². The zero-order valence-corrected chi connectivity index (χ0v) is 10.8. The van der Waals surface area contributed by atoms with E-state index < -0.39 is 47.0 Å². The first-order chi connectivity index (χ1) is 8.88. The topological polar surface area (TPSA) is 116 Å². The first-order valence-corrected chi connectivity index (χ1v) is 5.69. The standard InChI is InChI=1S/C8H11Cl3O7/c9-8(10,11)1-17-7-4(14)2(12)3(13)5(18-7)6(15)16/h2-5,7,12-14H,1H2,(H,15,16)/i1+1D2,8+1. The fourth-order valence-corrected chi connectivity index (χ4v) is 1.41. The third kappa shape index (κ3) is 4.07. The van der Waals surface area contributed by atoms with E-state index in [0.717, 1.165) is 0 Å². The summed E-state index contributed by atoms with van der Waals surface area (Å²) in [6.45, 7) is -2.95. The van der Waals surface area contributed by atoms with E-state index in [4.69, 9.17) is 42.7 Å². The normalized spacial score (nSPS) is 40.0. The molecule has 0 amide bonds. The average molecular weight is 330 g/mol. The highest BCUT2D eigenvalue weighted by molar-refractivity contribution is 6.67. The van der Waals surface area contributed by atoms with E-state index in [1.165, 1.54) is 0 Å². The minimum Gasteiger partial charge on any atom is -0.479 e. The van der Waals surface area contributed by atoms with Crippen molar-refractivity contribution < 1.29 is 37.4 Å². The molecule has 1 heterocycles. The molecule has 1 saturated heterocycles. The van der Waals surface area contributed by atoms with Crippen molar-refractivity contribution in [3.8, 4) is 0 Å². The maximum absolute atomic E-state index is 10.8. The Bertz CT molecular complexity index is 378. The Labute approximate surface area is 120 Å². The van der Waals surface area contributed by atoms with Gasteiger partial charge in [0, 0.05) is 0 Å². The number of carboxylic acids is 1. The van der Waals surface area contributed by atoms with Gasteiger partial charge in [0.25, 0.3) is 0 Å². The summed E-state index contributed by atoms with van der Waals surface area (Å²) in [5.74, 6) is -1.65. The van der Waals surface area contributed by atoms with E-state index in [9.17, 15) is 20.1 Å². The van der Waals surface area contributed by atoms with Crippen LogP contribution < -0.4 is 0 Å². The number of rotatable bonds is 3. The molecule has 0 aliphatic carbocycles. The highest BCUT2D eigenvalue weighted by atomic mass is 35.6. The molecule has 106 valence electrons. The molecule has 0 radical (unpaired) electrons. The molecule has 0 aromatic carbocycles. The van der Waals surface area contributed by atoms with Gasteiger partial charge in [-0.15, -0.1) is 0 Å². The van der Waals surface area contributed by atoms with Crippen LogP contribution in [0.15, 0.2) is 0 Å². The van der Waals surface area contributed by atoms with Crippen molar-refractivity contribution in [1.82, 2.24) is 0 Å². The van der Waals surface area contributed by atoms with Crippen LogP contribution in [0.25, 0.3) is 0 Å². The smallest absolute Gasteiger partial charge is 0.335 e. The SMILES string of the molecule is [2H][13C]([2H])(OC1OC(C(=O)O)C(O)C(O)C1O)[13C](Cl)(Cl)Cl. The largest absolute Gasteiger partial charge is 0.479 e. The summed E-state index contributed by atoms with van der Waals surface area (Å²) >= 11 is 16.0. The number of ether oxygens (including phenoxy) is 2. The Balaban J connectivity index is 2.92. The molecule has 10 heteroatoms. The van der Waals surface area contributed by atoms with Gasteiger partial charge in [0.1, 0.15) is 18.3 Å². The van der Waals surface area contributed by atoms with Gasteiger partial charge >= 0.3 is 5.97 Å². The number of aliphatic carboxylic acids is 1. The van der Waals surface area contributed by atoms with Crippen molar-refractivity contribution in [3.05, 3.63) is 0 Å². The van der Waals surface area contributed by atoms with Crippen LogP contribution in [0.2, 0.25) is 0 Å². The lowest BCUT2D eigenvalue weighted by atomic mass is 9.99. The molecule has 0 spiro atoms. The summed E-state index contributed by atoms with van der Waals surface area (Å²) in [5.41, 5.74) is 0. The van der Waals surface area contributed by atoms with E-state index in [2.05, 4.69) is 9.47 Å². The number of carboxylic acid groups (broad SMARTS) is 1. The molecule has 1 rings (SSSR count). The second kappa shape index (κ2) is 6.06. The first kappa shape index (κ1) is 13.1. The summed E-state index contributed by atoms with van der Waals surface area (Å²) in [6, 6.07) is 0. The van der Waals surface area contributed by atoms with Crippen LogP contribution in [-0.2, 0) is 14.3 Å². The van der Waals surface area contributed by atoms with Gasteiger partial charge in [-0.05, 0) is 0 Å². The molecule has 5 unspecified atom stereocenters. The van der Waals surface area contributed by atoms with E-state index >= 15 is 0 Å². The second-order valence-electron chi connectivity index (χ2n) is 3.45. The number of carbonyl (C=O) groups is 1. The number of hydrogen-bond donors (Lipinski definition) is 4.